The Morgan fingerprint density at radius 1 is 1.33 bits per heavy atom. The van der Waals surface area contributed by atoms with E-state index in [0.29, 0.717) is 0 Å². The van der Waals surface area contributed by atoms with E-state index in [-0.39, 0.29) is 0 Å². The maximum atomic E-state index is 5.52. The number of benzene rings is 1. The molecule has 0 radical (unpaired) electrons. The number of para-hydroxylation sites is 1. The predicted molar refractivity (Wildman–Crippen MR) is 74.9 cm³/mol. The van der Waals surface area contributed by atoms with E-state index in [4.69, 9.17) is 4.42 Å². The summed E-state index contributed by atoms with van der Waals surface area (Å²) in [5.74, 6) is 0.824. The highest BCUT2D eigenvalue weighted by molar-refractivity contribution is 5.90. The van der Waals surface area contributed by atoms with E-state index >= 15 is 0 Å². The van der Waals surface area contributed by atoms with Crippen molar-refractivity contribution in [2.45, 2.75) is 19.3 Å². The molecule has 96 valence electrons. The van der Waals surface area contributed by atoms with Crippen molar-refractivity contribution < 1.29 is 4.42 Å². The molecule has 1 fully saturated rings. The fraction of sp³-hybridized carbons (Fsp3) is 0.467. The lowest BCUT2D eigenvalue weighted by Gasteiger charge is -2.22. The lowest BCUT2D eigenvalue weighted by molar-refractivity contribution is 0.364. The minimum Gasteiger partial charge on any atom is -0.462 e. The molecule has 0 saturated carbocycles. The molecule has 3 heteroatoms. The largest absolute Gasteiger partial charge is 0.462 e. The molecule has 1 atom stereocenters. The summed E-state index contributed by atoms with van der Waals surface area (Å²) in [4.78, 5) is 0. The molecule has 1 saturated heterocycles. The van der Waals surface area contributed by atoms with Crippen molar-refractivity contribution in [3.63, 3.8) is 0 Å². The van der Waals surface area contributed by atoms with Gasteiger partial charge in [-0.3, -0.25) is 0 Å². The summed E-state index contributed by atoms with van der Waals surface area (Å²) in [5, 5.41) is 8.14. The molecule has 0 bridgehead atoms. The molecule has 18 heavy (non-hydrogen) atoms. The molecule has 1 unspecified atom stereocenters. The number of hydrogen-bond acceptors (Lipinski definition) is 3. The van der Waals surface area contributed by atoms with E-state index in [1.165, 1.54) is 37.7 Å². The zero-order valence-corrected chi connectivity index (χ0v) is 10.6. The fourth-order valence-corrected chi connectivity index (χ4v) is 2.70. The van der Waals surface area contributed by atoms with Crippen molar-refractivity contribution in [3.8, 4) is 0 Å². The van der Waals surface area contributed by atoms with Crippen LogP contribution in [0.15, 0.2) is 34.9 Å². The highest BCUT2D eigenvalue weighted by atomic mass is 16.3. The summed E-state index contributed by atoms with van der Waals surface area (Å²) in [5.41, 5.74) is 2.08. The van der Waals surface area contributed by atoms with Crippen molar-refractivity contribution >= 4 is 16.7 Å². The number of fused-ring (bicyclic) bond motifs is 1. The van der Waals surface area contributed by atoms with E-state index in [1.54, 1.807) is 0 Å². The Hall–Kier alpha value is -1.48. The zero-order chi connectivity index (χ0) is 12.2. The van der Waals surface area contributed by atoms with E-state index in [0.717, 1.165) is 23.7 Å². The minimum absolute atomic E-state index is 0.824. The topological polar surface area (TPSA) is 37.2 Å². The fourth-order valence-electron chi connectivity index (χ4n) is 2.70. The van der Waals surface area contributed by atoms with Crippen LogP contribution in [0.1, 0.15) is 19.3 Å². The van der Waals surface area contributed by atoms with Gasteiger partial charge in [-0.15, -0.1) is 0 Å². The van der Waals surface area contributed by atoms with Crippen LogP contribution in [0.5, 0.6) is 0 Å². The number of hydrogen-bond donors (Lipinski definition) is 2. The van der Waals surface area contributed by atoms with Gasteiger partial charge in [-0.2, -0.15) is 0 Å². The molecule has 2 heterocycles. The van der Waals surface area contributed by atoms with Crippen molar-refractivity contribution in [1.82, 2.24) is 5.32 Å². The normalized spacial score (nSPS) is 20.1. The maximum absolute atomic E-state index is 5.52. The summed E-state index contributed by atoms with van der Waals surface area (Å²) in [7, 11) is 0. The zero-order valence-electron chi connectivity index (χ0n) is 10.6. The van der Waals surface area contributed by atoms with Gasteiger partial charge in [0.1, 0.15) is 11.8 Å². The van der Waals surface area contributed by atoms with Crippen molar-refractivity contribution in [3.05, 3.63) is 30.5 Å². The van der Waals surface area contributed by atoms with Crippen LogP contribution < -0.4 is 10.6 Å². The summed E-state index contributed by atoms with van der Waals surface area (Å²) in [6.07, 6.45) is 5.73. The molecule has 2 aromatic rings. The van der Waals surface area contributed by atoms with E-state index in [2.05, 4.69) is 16.7 Å². The highest BCUT2D eigenvalue weighted by Crippen LogP contribution is 2.25. The Morgan fingerprint density at radius 2 is 2.28 bits per heavy atom. The van der Waals surface area contributed by atoms with Crippen LogP contribution in [0.25, 0.3) is 11.0 Å². The highest BCUT2D eigenvalue weighted by Gasteiger charge is 2.12. The third-order valence-corrected chi connectivity index (χ3v) is 3.75. The summed E-state index contributed by atoms with van der Waals surface area (Å²) >= 11 is 0. The van der Waals surface area contributed by atoms with Gasteiger partial charge < -0.3 is 15.1 Å². The Bertz CT molecular complexity index is 500. The van der Waals surface area contributed by atoms with Crippen molar-refractivity contribution in [1.29, 1.82) is 0 Å². The lowest BCUT2D eigenvalue weighted by Crippen LogP contribution is -2.30. The summed E-state index contributed by atoms with van der Waals surface area (Å²) in [6, 6.07) is 8.16. The molecule has 1 aliphatic heterocycles. The van der Waals surface area contributed by atoms with Crippen LogP contribution >= 0.6 is 0 Å². The molecule has 2 N–H and O–H groups in total. The minimum atomic E-state index is 0.824. The average Bonchev–Trinajstić information content (AvgIpc) is 2.84. The van der Waals surface area contributed by atoms with Crippen LogP contribution in [-0.4, -0.2) is 19.6 Å². The Morgan fingerprint density at radius 3 is 3.17 bits per heavy atom. The number of nitrogens with one attached hydrogen (secondary N) is 2. The lowest BCUT2D eigenvalue weighted by atomic mass is 9.96. The molecule has 1 aromatic heterocycles. The SMILES string of the molecule is c1ccc2c(NCCC3CCCNC3)coc2c1. The molecule has 0 aliphatic carbocycles. The first-order valence-corrected chi connectivity index (χ1v) is 6.84. The molecular weight excluding hydrogens is 224 g/mol. The number of anilines is 1. The second-order valence-corrected chi connectivity index (χ2v) is 5.07. The van der Waals surface area contributed by atoms with Crippen LogP contribution in [0.2, 0.25) is 0 Å². The molecule has 1 aliphatic rings. The second kappa shape index (κ2) is 5.44. The number of piperidine rings is 1. The van der Waals surface area contributed by atoms with Gasteiger partial charge >= 0.3 is 0 Å². The van der Waals surface area contributed by atoms with Gasteiger partial charge in [0.05, 0.1) is 5.69 Å². The van der Waals surface area contributed by atoms with Crippen LogP contribution in [0.4, 0.5) is 5.69 Å². The monoisotopic (exact) mass is 244 g/mol. The standard InChI is InChI=1S/C15H20N2O/c1-2-6-15-13(5-1)14(11-18-15)17-9-7-12-4-3-8-16-10-12/h1-2,5-6,11-12,16-17H,3-4,7-10H2. The molecule has 3 rings (SSSR count). The first-order valence-electron chi connectivity index (χ1n) is 6.84. The Kier molecular flexibility index (Phi) is 3.51. The van der Waals surface area contributed by atoms with E-state index < -0.39 is 0 Å². The van der Waals surface area contributed by atoms with Gasteiger partial charge in [0.25, 0.3) is 0 Å². The molecule has 3 nitrogen and oxygen atoms in total. The van der Waals surface area contributed by atoms with Gasteiger partial charge in [-0.25, -0.2) is 0 Å². The Balaban J connectivity index is 1.56. The molecular formula is C15H20N2O. The molecule has 1 aromatic carbocycles. The molecule has 0 amide bonds. The third-order valence-electron chi connectivity index (χ3n) is 3.75. The van der Waals surface area contributed by atoms with E-state index in [1.807, 2.05) is 24.5 Å². The average molecular weight is 244 g/mol. The molecule has 0 spiro atoms. The van der Waals surface area contributed by atoms with Crippen molar-refractivity contribution in [2.24, 2.45) is 5.92 Å². The number of furan rings is 1. The van der Waals surface area contributed by atoms with Gasteiger partial charge in [-0.1, -0.05) is 12.1 Å². The van der Waals surface area contributed by atoms with E-state index in [9.17, 15) is 0 Å². The first kappa shape index (κ1) is 11.6. The quantitative estimate of drug-likeness (QED) is 0.867. The summed E-state index contributed by atoms with van der Waals surface area (Å²) in [6.45, 7) is 3.39. The second-order valence-electron chi connectivity index (χ2n) is 5.07. The van der Waals surface area contributed by atoms with Gasteiger partial charge in [0.15, 0.2) is 0 Å². The van der Waals surface area contributed by atoms with Crippen molar-refractivity contribution in [2.75, 3.05) is 25.0 Å². The smallest absolute Gasteiger partial charge is 0.136 e. The van der Waals surface area contributed by atoms with Gasteiger partial charge in [0.2, 0.25) is 0 Å². The maximum Gasteiger partial charge on any atom is 0.136 e. The first-order chi connectivity index (χ1) is 8.93. The van der Waals surface area contributed by atoms with Crippen LogP contribution in [0.3, 0.4) is 0 Å². The van der Waals surface area contributed by atoms with Crippen LogP contribution in [0, 0.1) is 5.92 Å². The van der Waals surface area contributed by atoms with Gasteiger partial charge in [-0.05, 0) is 50.4 Å². The number of rotatable bonds is 4. The van der Waals surface area contributed by atoms with Gasteiger partial charge in [0, 0.05) is 11.9 Å². The third kappa shape index (κ3) is 2.51. The Labute approximate surface area is 108 Å². The summed E-state index contributed by atoms with van der Waals surface area (Å²) < 4.78 is 5.52. The van der Waals surface area contributed by atoms with Crippen LogP contribution in [-0.2, 0) is 0 Å². The predicted octanol–water partition coefficient (Wildman–Crippen LogP) is 3.23.